The van der Waals surface area contributed by atoms with E-state index in [0.29, 0.717) is 6.54 Å². The van der Waals surface area contributed by atoms with E-state index >= 15 is 0 Å². The van der Waals surface area contributed by atoms with Gasteiger partial charge in [0.15, 0.2) is 0 Å². The number of hydrogen-bond acceptors (Lipinski definition) is 4. The normalized spacial score (nSPS) is 10.6. The first-order valence-corrected chi connectivity index (χ1v) is 5.87. The molecule has 0 amide bonds. The van der Waals surface area contributed by atoms with Crippen molar-refractivity contribution in [3.8, 4) is 5.75 Å². The highest BCUT2D eigenvalue weighted by atomic mass is 16.5. The van der Waals surface area contributed by atoms with Crippen LogP contribution in [0.2, 0.25) is 0 Å². The Kier molecular flexibility index (Phi) is 5.16. The van der Waals surface area contributed by atoms with Gasteiger partial charge in [0.25, 0.3) is 0 Å². The van der Waals surface area contributed by atoms with Gasteiger partial charge in [-0.05, 0) is 38.1 Å². The molecule has 0 bridgehead atoms. The lowest BCUT2D eigenvalue weighted by molar-refractivity contribution is -0.141. The van der Waals surface area contributed by atoms with E-state index in [4.69, 9.17) is 4.74 Å². The highest BCUT2D eigenvalue weighted by Gasteiger charge is 2.11. The number of aryl methyl sites for hydroxylation is 2. The number of methoxy groups -OCH3 is 2. The van der Waals surface area contributed by atoms with Crippen molar-refractivity contribution >= 4 is 5.97 Å². The first kappa shape index (κ1) is 14.5. The molecule has 0 heterocycles. The summed E-state index contributed by atoms with van der Waals surface area (Å²) < 4.78 is 10.0. The molecule has 4 nitrogen and oxygen atoms in total. The van der Waals surface area contributed by atoms with Crippen LogP contribution >= 0.6 is 0 Å². The van der Waals surface area contributed by atoms with Gasteiger partial charge >= 0.3 is 5.97 Å². The Bertz CT molecular complexity index is 429. The van der Waals surface area contributed by atoms with Gasteiger partial charge in [-0.15, -0.1) is 0 Å². The summed E-state index contributed by atoms with van der Waals surface area (Å²) in [6.45, 7) is 5.05. The molecule has 0 aliphatic heterocycles. The summed E-state index contributed by atoms with van der Waals surface area (Å²) in [5.41, 5.74) is 3.50. The molecular weight excluding hydrogens is 230 g/mol. The Morgan fingerprint density at radius 2 is 1.83 bits per heavy atom. The van der Waals surface area contributed by atoms with Gasteiger partial charge in [0.2, 0.25) is 0 Å². The minimum atomic E-state index is -0.236. The number of nitrogens with zero attached hydrogens (tertiary/aromatic N) is 1. The first-order chi connectivity index (χ1) is 8.47. The van der Waals surface area contributed by atoms with Crippen LogP contribution in [0.1, 0.15) is 16.7 Å². The van der Waals surface area contributed by atoms with E-state index in [2.05, 4.69) is 24.7 Å². The van der Waals surface area contributed by atoms with Crippen molar-refractivity contribution in [1.82, 2.24) is 4.90 Å². The van der Waals surface area contributed by atoms with Crippen LogP contribution < -0.4 is 4.74 Å². The Hall–Kier alpha value is -1.55. The van der Waals surface area contributed by atoms with Crippen LogP contribution in [0.4, 0.5) is 0 Å². The predicted molar refractivity (Wildman–Crippen MR) is 70.8 cm³/mol. The fraction of sp³-hybridized carbons (Fsp3) is 0.500. The number of hydrogen-bond donors (Lipinski definition) is 0. The van der Waals surface area contributed by atoms with Crippen molar-refractivity contribution in [3.05, 3.63) is 28.8 Å². The van der Waals surface area contributed by atoms with E-state index in [-0.39, 0.29) is 12.5 Å². The van der Waals surface area contributed by atoms with Crippen LogP contribution in [0.3, 0.4) is 0 Å². The molecule has 0 aliphatic rings. The van der Waals surface area contributed by atoms with Crippen LogP contribution in [-0.2, 0) is 16.1 Å². The molecule has 18 heavy (non-hydrogen) atoms. The van der Waals surface area contributed by atoms with Crippen LogP contribution in [0.5, 0.6) is 5.75 Å². The van der Waals surface area contributed by atoms with Crippen molar-refractivity contribution in [2.45, 2.75) is 20.4 Å². The fourth-order valence-corrected chi connectivity index (χ4v) is 1.79. The van der Waals surface area contributed by atoms with Crippen LogP contribution in [0.15, 0.2) is 12.1 Å². The molecule has 0 fully saturated rings. The molecule has 0 atom stereocenters. The maximum Gasteiger partial charge on any atom is 0.319 e. The van der Waals surface area contributed by atoms with E-state index in [1.807, 2.05) is 18.0 Å². The minimum absolute atomic E-state index is 0.236. The molecule has 1 rings (SSSR count). The number of likely N-dealkylation sites (N-methyl/N-ethyl adjacent to an activating group) is 1. The van der Waals surface area contributed by atoms with Gasteiger partial charge in [-0.2, -0.15) is 0 Å². The molecule has 0 aromatic heterocycles. The average molecular weight is 251 g/mol. The van der Waals surface area contributed by atoms with Crippen LogP contribution in [0, 0.1) is 13.8 Å². The summed E-state index contributed by atoms with van der Waals surface area (Å²) in [7, 11) is 4.94. The predicted octanol–water partition coefficient (Wildman–Crippen LogP) is 1.92. The van der Waals surface area contributed by atoms with E-state index in [9.17, 15) is 4.79 Å². The number of rotatable bonds is 5. The molecule has 0 unspecified atom stereocenters. The zero-order valence-electron chi connectivity index (χ0n) is 11.7. The molecule has 0 saturated heterocycles. The van der Waals surface area contributed by atoms with Gasteiger partial charge in [-0.1, -0.05) is 6.07 Å². The molecule has 0 aliphatic carbocycles. The number of carbonyl (C=O) groups is 1. The minimum Gasteiger partial charge on any atom is -0.496 e. The van der Waals surface area contributed by atoms with Crippen LogP contribution in [-0.4, -0.2) is 38.7 Å². The zero-order valence-corrected chi connectivity index (χ0v) is 11.7. The summed E-state index contributed by atoms with van der Waals surface area (Å²) in [5, 5.41) is 0. The summed E-state index contributed by atoms with van der Waals surface area (Å²) >= 11 is 0. The summed E-state index contributed by atoms with van der Waals surface area (Å²) in [4.78, 5) is 13.1. The van der Waals surface area contributed by atoms with E-state index in [1.54, 1.807) is 7.11 Å². The van der Waals surface area contributed by atoms with Gasteiger partial charge in [0, 0.05) is 12.1 Å². The van der Waals surface area contributed by atoms with Crippen molar-refractivity contribution in [3.63, 3.8) is 0 Å². The average Bonchev–Trinajstić information content (AvgIpc) is 2.33. The van der Waals surface area contributed by atoms with Crippen molar-refractivity contribution in [2.75, 3.05) is 27.8 Å². The molecule has 0 spiro atoms. The van der Waals surface area contributed by atoms with Gasteiger partial charge < -0.3 is 9.47 Å². The Morgan fingerprint density at radius 1 is 1.22 bits per heavy atom. The largest absolute Gasteiger partial charge is 0.496 e. The lowest BCUT2D eigenvalue weighted by atomic mass is 10.0. The molecule has 1 aromatic rings. The third-order valence-electron chi connectivity index (χ3n) is 2.96. The molecule has 0 N–H and O–H groups in total. The van der Waals surface area contributed by atoms with Gasteiger partial charge in [-0.25, -0.2) is 0 Å². The smallest absolute Gasteiger partial charge is 0.319 e. The van der Waals surface area contributed by atoms with Crippen LogP contribution in [0.25, 0.3) is 0 Å². The Morgan fingerprint density at radius 3 is 2.39 bits per heavy atom. The summed E-state index contributed by atoms with van der Waals surface area (Å²) in [5.74, 6) is 0.620. The third-order valence-corrected chi connectivity index (χ3v) is 2.96. The lowest BCUT2D eigenvalue weighted by Gasteiger charge is -2.18. The van der Waals surface area contributed by atoms with Gasteiger partial charge in [0.05, 0.1) is 20.8 Å². The maximum atomic E-state index is 11.2. The molecular formula is C14H21NO3. The SMILES string of the molecule is COC(=O)CN(C)Cc1cc(C)c(C)cc1OC. The number of ether oxygens (including phenoxy) is 2. The topological polar surface area (TPSA) is 38.8 Å². The number of esters is 1. The molecule has 0 radical (unpaired) electrons. The highest BCUT2D eigenvalue weighted by molar-refractivity contribution is 5.71. The van der Waals surface area contributed by atoms with Crippen molar-refractivity contribution in [2.24, 2.45) is 0 Å². The fourth-order valence-electron chi connectivity index (χ4n) is 1.79. The highest BCUT2D eigenvalue weighted by Crippen LogP contribution is 2.24. The third kappa shape index (κ3) is 3.74. The first-order valence-electron chi connectivity index (χ1n) is 5.87. The zero-order chi connectivity index (χ0) is 13.7. The molecule has 4 heteroatoms. The van der Waals surface area contributed by atoms with Crippen molar-refractivity contribution in [1.29, 1.82) is 0 Å². The quantitative estimate of drug-likeness (QED) is 0.749. The van der Waals surface area contributed by atoms with Gasteiger partial charge in [-0.3, -0.25) is 9.69 Å². The summed E-state index contributed by atoms with van der Waals surface area (Å²) in [6, 6.07) is 4.12. The summed E-state index contributed by atoms with van der Waals surface area (Å²) in [6.07, 6.45) is 0. The molecule has 1 aromatic carbocycles. The second-order valence-corrected chi connectivity index (χ2v) is 4.50. The Balaban J connectivity index is 2.83. The second-order valence-electron chi connectivity index (χ2n) is 4.50. The lowest BCUT2D eigenvalue weighted by Crippen LogP contribution is -2.26. The molecule has 100 valence electrons. The van der Waals surface area contributed by atoms with Crippen molar-refractivity contribution < 1.29 is 14.3 Å². The van der Waals surface area contributed by atoms with E-state index in [1.165, 1.54) is 18.2 Å². The monoisotopic (exact) mass is 251 g/mol. The van der Waals surface area contributed by atoms with E-state index < -0.39 is 0 Å². The number of benzene rings is 1. The van der Waals surface area contributed by atoms with E-state index in [0.717, 1.165) is 11.3 Å². The van der Waals surface area contributed by atoms with Gasteiger partial charge in [0.1, 0.15) is 5.75 Å². The Labute approximate surface area is 108 Å². The number of carbonyl (C=O) groups excluding carboxylic acids is 1. The maximum absolute atomic E-state index is 11.2. The standard InChI is InChI=1S/C14H21NO3/c1-10-6-12(13(17-4)7-11(10)2)8-15(3)9-14(16)18-5/h6-7H,8-9H2,1-5H3. The molecule has 0 saturated carbocycles. The second kappa shape index (κ2) is 6.40.